The third kappa shape index (κ3) is 2.54. The van der Waals surface area contributed by atoms with E-state index in [4.69, 9.17) is 5.73 Å². The van der Waals surface area contributed by atoms with Crippen LogP contribution in [0.2, 0.25) is 0 Å². The minimum atomic E-state index is -2.51. The Bertz CT molecular complexity index is 412. The molecule has 1 fully saturated rings. The van der Waals surface area contributed by atoms with E-state index in [1.165, 1.54) is 6.20 Å². The predicted octanol–water partition coefficient (Wildman–Crippen LogP) is 0.966. The fraction of sp³-hybridized carbons (Fsp3) is 0.600. The van der Waals surface area contributed by atoms with Crippen molar-refractivity contribution >= 4 is 11.7 Å². The highest BCUT2D eigenvalue weighted by molar-refractivity contribution is 5.98. The molecule has 0 saturated carbocycles. The maximum absolute atomic E-state index is 12.2. The first kappa shape index (κ1) is 11.8. The van der Waals surface area contributed by atoms with E-state index in [1.54, 1.807) is 4.90 Å². The molecule has 1 saturated heterocycles. The molecular weight excluding hydrogens is 230 g/mol. The number of nitrogen functional groups attached to an aromatic ring is 1. The highest BCUT2D eigenvalue weighted by atomic mass is 19.3. The summed E-state index contributed by atoms with van der Waals surface area (Å²) >= 11 is 0. The van der Waals surface area contributed by atoms with Crippen molar-refractivity contribution in [3.05, 3.63) is 11.8 Å². The normalized spacial score (nSPS) is 15.8. The van der Waals surface area contributed by atoms with Gasteiger partial charge in [-0.3, -0.25) is 9.48 Å². The fourth-order valence-electron chi connectivity index (χ4n) is 1.93. The van der Waals surface area contributed by atoms with Crippen molar-refractivity contribution < 1.29 is 13.6 Å². The molecule has 0 atom stereocenters. The van der Waals surface area contributed by atoms with E-state index in [9.17, 15) is 13.6 Å². The Morgan fingerprint density at radius 2 is 2.12 bits per heavy atom. The van der Waals surface area contributed by atoms with Gasteiger partial charge in [-0.05, 0) is 12.8 Å². The Balaban J connectivity index is 2.14. The molecule has 0 unspecified atom stereocenters. The number of hydrogen-bond acceptors (Lipinski definition) is 3. The van der Waals surface area contributed by atoms with Gasteiger partial charge in [-0.15, -0.1) is 0 Å². The zero-order valence-corrected chi connectivity index (χ0v) is 9.27. The van der Waals surface area contributed by atoms with Crippen molar-refractivity contribution in [2.75, 3.05) is 18.8 Å². The minimum Gasteiger partial charge on any atom is -0.382 e. The predicted molar refractivity (Wildman–Crippen MR) is 57.8 cm³/mol. The number of alkyl halides is 2. The van der Waals surface area contributed by atoms with Crippen LogP contribution in [0, 0.1) is 0 Å². The van der Waals surface area contributed by atoms with Crippen LogP contribution in [0.3, 0.4) is 0 Å². The lowest BCUT2D eigenvalue weighted by atomic mass is 10.3. The first-order valence-electron chi connectivity index (χ1n) is 5.48. The van der Waals surface area contributed by atoms with Gasteiger partial charge in [0.1, 0.15) is 12.1 Å². The highest BCUT2D eigenvalue weighted by Crippen LogP contribution is 2.17. The van der Waals surface area contributed by atoms with Crippen molar-refractivity contribution in [1.29, 1.82) is 0 Å². The second kappa shape index (κ2) is 4.68. The Kier molecular flexibility index (Phi) is 3.26. The summed E-state index contributed by atoms with van der Waals surface area (Å²) in [5, 5.41) is 3.71. The van der Waals surface area contributed by atoms with Crippen molar-refractivity contribution in [3.63, 3.8) is 0 Å². The van der Waals surface area contributed by atoms with E-state index in [2.05, 4.69) is 5.10 Å². The molecule has 0 aliphatic carbocycles. The lowest BCUT2D eigenvalue weighted by Crippen LogP contribution is -2.27. The summed E-state index contributed by atoms with van der Waals surface area (Å²) in [5.41, 5.74) is 5.78. The van der Waals surface area contributed by atoms with Gasteiger partial charge in [-0.1, -0.05) is 0 Å². The smallest absolute Gasteiger partial charge is 0.259 e. The molecule has 0 radical (unpaired) electrons. The topological polar surface area (TPSA) is 64.1 Å². The van der Waals surface area contributed by atoms with Crippen LogP contribution in [0.4, 0.5) is 14.6 Å². The van der Waals surface area contributed by atoms with E-state index in [0.717, 1.165) is 17.5 Å². The zero-order valence-electron chi connectivity index (χ0n) is 9.27. The molecule has 94 valence electrons. The summed E-state index contributed by atoms with van der Waals surface area (Å²) in [6.07, 6.45) is 0.722. The van der Waals surface area contributed by atoms with Gasteiger partial charge in [0.25, 0.3) is 12.3 Å². The van der Waals surface area contributed by atoms with Gasteiger partial charge < -0.3 is 10.6 Å². The maximum Gasteiger partial charge on any atom is 0.259 e. The van der Waals surface area contributed by atoms with E-state index in [-0.39, 0.29) is 17.3 Å². The summed E-state index contributed by atoms with van der Waals surface area (Å²) in [6, 6.07) is 0. The van der Waals surface area contributed by atoms with Crippen molar-refractivity contribution in [3.8, 4) is 0 Å². The Labute approximate surface area is 97.2 Å². The molecule has 2 rings (SSSR count). The number of hydrogen-bond donors (Lipinski definition) is 1. The van der Waals surface area contributed by atoms with Gasteiger partial charge in [-0.25, -0.2) is 8.78 Å². The van der Waals surface area contributed by atoms with Gasteiger partial charge in [0.05, 0.1) is 0 Å². The molecule has 0 aromatic carbocycles. The summed E-state index contributed by atoms with van der Waals surface area (Å²) in [7, 11) is 0. The molecule has 2 heterocycles. The molecule has 1 aliphatic rings. The van der Waals surface area contributed by atoms with Gasteiger partial charge >= 0.3 is 0 Å². The van der Waals surface area contributed by atoms with E-state index in [0.29, 0.717) is 13.1 Å². The second-order valence-corrected chi connectivity index (χ2v) is 4.04. The summed E-state index contributed by atoms with van der Waals surface area (Å²) < 4.78 is 25.4. The van der Waals surface area contributed by atoms with E-state index < -0.39 is 13.0 Å². The molecule has 7 heteroatoms. The molecule has 2 N–H and O–H groups in total. The monoisotopic (exact) mass is 244 g/mol. The number of likely N-dealkylation sites (tertiary alicyclic amines) is 1. The fourth-order valence-corrected chi connectivity index (χ4v) is 1.93. The average Bonchev–Trinajstić information content (AvgIpc) is 2.85. The van der Waals surface area contributed by atoms with Crippen LogP contribution in [0.15, 0.2) is 6.20 Å². The minimum absolute atomic E-state index is 0.0162. The number of amides is 1. The molecular formula is C10H14F2N4O. The van der Waals surface area contributed by atoms with Gasteiger partial charge in [0.15, 0.2) is 5.82 Å². The van der Waals surface area contributed by atoms with Crippen molar-refractivity contribution in [1.82, 2.24) is 14.7 Å². The number of nitrogens with two attached hydrogens (primary N) is 1. The summed E-state index contributed by atoms with van der Waals surface area (Å²) in [6.45, 7) is 0.841. The molecule has 1 amide bonds. The van der Waals surface area contributed by atoms with E-state index in [1.807, 2.05) is 0 Å². The number of carbonyl (C=O) groups excluding carboxylic acids is 1. The van der Waals surface area contributed by atoms with Gasteiger partial charge in [0, 0.05) is 19.3 Å². The quantitative estimate of drug-likeness (QED) is 0.861. The van der Waals surface area contributed by atoms with Crippen LogP contribution in [0.1, 0.15) is 23.2 Å². The van der Waals surface area contributed by atoms with Crippen LogP contribution in [0.25, 0.3) is 0 Å². The summed E-state index contributed by atoms with van der Waals surface area (Å²) in [4.78, 5) is 13.6. The second-order valence-electron chi connectivity index (χ2n) is 4.04. The largest absolute Gasteiger partial charge is 0.382 e. The number of rotatable bonds is 3. The molecule has 1 aliphatic heterocycles. The number of halogens is 2. The van der Waals surface area contributed by atoms with Crippen LogP contribution >= 0.6 is 0 Å². The van der Waals surface area contributed by atoms with Crippen LogP contribution in [-0.4, -0.2) is 40.1 Å². The molecule has 5 nitrogen and oxygen atoms in total. The number of nitrogens with zero attached hydrogens (tertiary/aromatic N) is 3. The Hall–Kier alpha value is -1.66. The molecule has 1 aromatic heterocycles. The maximum atomic E-state index is 12.2. The van der Waals surface area contributed by atoms with Crippen molar-refractivity contribution in [2.24, 2.45) is 0 Å². The number of anilines is 1. The average molecular weight is 244 g/mol. The first-order chi connectivity index (χ1) is 8.08. The Morgan fingerprint density at radius 1 is 1.47 bits per heavy atom. The Morgan fingerprint density at radius 3 is 2.71 bits per heavy atom. The lowest BCUT2D eigenvalue weighted by Gasteiger charge is -2.13. The number of aromatic nitrogens is 2. The van der Waals surface area contributed by atoms with E-state index >= 15 is 0 Å². The summed E-state index contributed by atoms with van der Waals surface area (Å²) in [5.74, 6) is -0.205. The number of carbonyl (C=O) groups is 1. The van der Waals surface area contributed by atoms with Crippen LogP contribution in [0.5, 0.6) is 0 Å². The first-order valence-corrected chi connectivity index (χ1v) is 5.48. The standard InChI is InChI=1S/C10H14F2N4O/c11-8(12)6-16-5-7(9(13)14-16)10(17)15-3-1-2-4-15/h5,8H,1-4,6H2,(H2,13,14). The zero-order chi connectivity index (χ0) is 12.4. The molecule has 0 spiro atoms. The SMILES string of the molecule is Nc1nn(CC(F)F)cc1C(=O)N1CCCC1. The highest BCUT2D eigenvalue weighted by Gasteiger charge is 2.23. The van der Waals surface area contributed by atoms with Crippen molar-refractivity contribution in [2.45, 2.75) is 25.8 Å². The third-order valence-electron chi connectivity index (χ3n) is 2.74. The third-order valence-corrected chi connectivity index (χ3v) is 2.74. The lowest BCUT2D eigenvalue weighted by molar-refractivity contribution is 0.0792. The van der Waals surface area contributed by atoms with Gasteiger partial charge in [-0.2, -0.15) is 5.10 Å². The van der Waals surface area contributed by atoms with Crippen LogP contribution in [-0.2, 0) is 6.54 Å². The van der Waals surface area contributed by atoms with Crippen LogP contribution < -0.4 is 5.73 Å². The van der Waals surface area contributed by atoms with Gasteiger partial charge in [0.2, 0.25) is 0 Å². The molecule has 17 heavy (non-hydrogen) atoms. The molecule has 1 aromatic rings. The molecule has 0 bridgehead atoms.